The van der Waals surface area contributed by atoms with Crippen LogP contribution in [0.5, 0.6) is 0 Å². The van der Waals surface area contributed by atoms with E-state index in [1.165, 1.54) is 0 Å². The van der Waals surface area contributed by atoms with Gasteiger partial charge in [0, 0.05) is 44.5 Å². The molecule has 7 nitrogen and oxygen atoms in total. The highest BCUT2D eigenvalue weighted by Crippen LogP contribution is 2.11. The summed E-state index contributed by atoms with van der Waals surface area (Å²) in [6.45, 7) is 10.9. The lowest BCUT2D eigenvalue weighted by Gasteiger charge is -2.37. The molecule has 118 valence electrons. The number of nitrogens with one attached hydrogen (secondary N) is 1. The van der Waals surface area contributed by atoms with Crippen molar-refractivity contribution < 1.29 is 5.11 Å². The predicted octanol–water partition coefficient (Wildman–Crippen LogP) is -0.0409. The fraction of sp³-hybridized carbons (Fsp3) is 0.714. The van der Waals surface area contributed by atoms with Crippen LogP contribution >= 0.6 is 0 Å². The number of aliphatic hydroxyl groups is 1. The second kappa shape index (κ2) is 6.65. The lowest BCUT2D eigenvalue weighted by Crippen LogP contribution is -2.50. The molecule has 0 aromatic carbocycles. The summed E-state index contributed by atoms with van der Waals surface area (Å²) in [5, 5.41) is 9.87. The first-order valence-electron chi connectivity index (χ1n) is 7.34. The van der Waals surface area contributed by atoms with Crippen molar-refractivity contribution in [3.05, 3.63) is 17.6 Å². The number of hydrogen-bond acceptors (Lipinski definition) is 7. The molecule has 0 unspecified atom stereocenters. The van der Waals surface area contributed by atoms with Crippen LogP contribution in [0.2, 0.25) is 0 Å². The van der Waals surface area contributed by atoms with Crippen molar-refractivity contribution in [1.29, 1.82) is 0 Å². The number of rotatable bonds is 5. The lowest BCUT2D eigenvalue weighted by atomic mass is 10.1. The minimum absolute atomic E-state index is 0.635. The Hall–Kier alpha value is -1.28. The van der Waals surface area contributed by atoms with Gasteiger partial charge in [-0.3, -0.25) is 9.80 Å². The van der Waals surface area contributed by atoms with Crippen molar-refractivity contribution in [2.24, 2.45) is 5.84 Å². The van der Waals surface area contributed by atoms with Crippen molar-refractivity contribution in [1.82, 2.24) is 19.8 Å². The molecule has 1 aromatic rings. The van der Waals surface area contributed by atoms with Gasteiger partial charge < -0.3 is 10.5 Å². The van der Waals surface area contributed by atoms with Gasteiger partial charge in [-0.15, -0.1) is 0 Å². The smallest absolute Gasteiger partial charge is 0.145 e. The van der Waals surface area contributed by atoms with E-state index in [9.17, 15) is 5.11 Å². The molecule has 1 aromatic heterocycles. The first-order valence-corrected chi connectivity index (χ1v) is 7.34. The summed E-state index contributed by atoms with van der Waals surface area (Å²) >= 11 is 0. The van der Waals surface area contributed by atoms with Gasteiger partial charge in [0.1, 0.15) is 11.6 Å². The molecule has 0 radical (unpaired) electrons. The quantitative estimate of drug-likeness (QED) is 0.518. The highest BCUT2D eigenvalue weighted by atomic mass is 16.3. The fourth-order valence-corrected chi connectivity index (χ4v) is 2.63. The Bertz CT molecular complexity index is 465. The SMILES string of the molecule is Cc1cc(NN)nc(CN2CCN(CC(C)(C)O)CC2)n1. The highest BCUT2D eigenvalue weighted by molar-refractivity contribution is 5.33. The Kier molecular flexibility index (Phi) is 5.10. The van der Waals surface area contributed by atoms with Gasteiger partial charge in [0.05, 0.1) is 12.1 Å². The van der Waals surface area contributed by atoms with Gasteiger partial charge in [0.25, 0.3) is 0 Å². The van der Waals surface area contributed by atoms with Gasteiger partial charge in [0.2, 0.25) is 0 Å². The zero-order valence-electron chi connectivity index (χ0n) is 13.1. The number of β-amino-alcohol motifs (C(OH)–C–C–N with tert-alkyl or cyclic N) is 1. The monoisotopic (exact) mass is 294 g/mol. The fourth-order valence-electron chi connectivity index (χ4n) is 2.63. The number of anilines is 1. The number of aryl methyl sites for hydroxylation is 1. The predicted molar refractivity (Wildman–Crippen MR) is 82.6 cm³/mol. The minimum atomic E-state index is -0.635. The zero-order valence-corrected chi connectivity index (χ0v) is 13.1. The van der Waals surface area contributed by atoms with Crippen molar-refractivity contribution >= 4 is 5.82 Å². The van der Waals surface area contributed by atoms with Crippen LogP contribution in [0.25, 0.3) is 0 Å². The van der Waals surface area contributed by atoms with Crippen LogP contribution in [0, 0.1) is 6.92 Å². The van der Waals surface area contributed by atoms with E-state index in [1.807, 2.05) is 26.8 Å². The number of nitrogens with two attached hydrogens (primary N) is 1. The van der Waals surface area contributed by atoms with E-state index >= 15 is 0 Å². The van der Waals surface area contributed by atoms with Gasteiger partial charge in [-0.1, -0.05) is 0 Å². The standard InChI is InChI=1S/C14H26N6O/c1-11-8-12(18-15)17-13(16-11)9-19-4-6-20(7-5-19)10-14(2,3)21/h8,21H,4-7,9-10,15H2,1-3H3,(H,16,17,18). The van der Waals surface area contributed by atoms with Crippen LogP contribution in [-0.2, 0) is 6.54 Å². The molecule has 0 saturated carbocycles. The summed E-state index contributed by atoms with van der Waals surface area (Å²) in [4.78, 5) is 13.5. The van der Waals surface area contributed by atoms with E-state index in [1.54, 1.807) is 0 Å². The van der Waals surface area contributed by atoms with Crippen LogP contribution in [0.15, 0.2) is 6.07 Å². The molecule has 0 amide bonds. The number of hydrazine groups is 1. The Labute approximate surface area is 126 Å². The average molecular weight is 294 g/mol. The van der Waals surface area contributed by atoms with Crippen LogP contribution in [-0.4, -0.2) is 63.2 Å². The molecule has 0 aliphatic carbocycles. The second-order valence-electron chi connectivity index (χ2n) is 6.32. The van der Waals surface area contributed by atoms with E-state index in [0.29, 0.717) is 12.4 Å². The van der Waals surface area contributed by atoms with E-state index in [4.69, 9.17) is 5.84 Å². The normalized spacial score (nSPS) is 18.0. The third-order valence-corrected chi connectivity index (χ3v) is 3.49. The lowest BCUT2D eigenvalue weighted by molar-refractivity contribution is 0.0163. The van der Waals surface area contributed by atoms with Crippen LogP contribution in [0.4, 0.5) is 5.82 Å². The Morgan fingerprint density at radius 3 is 2.43 bits per heavy atom. The molecule has 1 aliphatic rings. The van der Waals surface area contributed by atoms with Crippen LogP contribution < -0.4 is 11.3 Å². The van der Waals surface area contributed by atoms with Gasteiger partial charge in [-0.2, -0.15) is 0 Å². The number of nitrogen functional groups attached to an aromatic ring is 1. The molecule has 1 saturated heterocycles. The zero-order chi connectivity index (χ0) is 15.5. The molecular formula is C14H26N6O. The summed E-state index contributed by atoms with van der Waals surface area (Å²) < 4.78 is 0. The molecule has 0 spiro atoms. The van der Waals surface area contributed by atoms with Gasteiger partial charge in [-0.05, 0) is 20.8 Å². The number of aromatic nitrogens is 2. The Morgan fingerprint density at radius 1 is 1.24 bits per heavy atom. The van der Waals surface area contributed by atoms with Crippen molar-refractivity contribution in [3.8, 4) is 0 Å². The second-order valence-corrected chi connectivity index (χ2v) is 6.32. The van der Waals surface area contributed by atoms with Crippen molar-refractivity contribution in [2.45, 2.75) is 32.9 Å². The maximum Gasteiger partial charge on any atom is 0.145 e. The van der Waals surface area contributed by atoms with E-state index in [2.05, 4.69) is 25.2 Å². The summed E-state index contributed by atoms with van der Waals surface area (Å²) in [6, 6.07) is 1.82. The largest absolute Gasteiger partial charge is 0.389 e. The first-order chi connectivity index (χ1) is 9.85. The van der Waals surface area contributed by atoms with E-state index < -0.39 is 5.60 Å². The van der Waals surface area contributed by atoms with E-state index in [0.717, 1.165) is 44.2 Å². The van der Waals surface area contributed by atoms with Crippen molar-refractivity contribution in [2.75, 3.05) is 38.1 Å². The number of nitrogens with zero attached hydrogens (tertiary/aromatic N) is 4. The summed E-state index contributed by atoms with van der Waals surface area (Å²) in [5.41, 5.74) is 2.85. The summed E-state index contributed by atoms with van der Waals surface area (Å²) in [6.07, 6.45) is 0. The van der Waals surface area contributed by atoms with Gasteiger partial charge in [-0.25, -0.2) is 15.8 Å². The Balaban J connectivity index is 1.87. The molecule has 4 N–H and O–H groups in total. The molecule has 2 heterocycles. The highest BCUT2D eigenvalue weighted by Gasteiger charge is 2.23. The average Bonchev–Trinajstić information content (AvgIpc) is 2.38. The molecule has 0 bridgehead atoms. The molecular weight excluding hydrogens is 268 g/mol. The van der Waals surface area contributed by atoms with E-state index in [-0.39, 0.29) is 0 Å². The van der Waals surface area contributed by atoms with Crippen LogP contribution in [0.1, 0.15) is 25.4 Å². The Morgan fingerprint density at radius 2 is 1.86 bits per heavy atom. The molecule has 1 aliphatic heterocycles. The maximum atomic E-state index is 9.87. The maximum absolute atomic E-state index is 9.87. The van der Waals surface area contributed by atoms with Crippen LogP contribution in [0.3, 0.4) is 0 Å². The molecule has 0 atom stereocenters. The summed E-state index contributed by atoms with van der Waals surface area (Å²) in [7, 11) is 0. The third kappa shape index (κ3) is 5.20. The molecule has 21 heavy (non-hydrogen) atoms. The topological polar surface area (TPSA) is 90.5 Å². The third-order valence-electron chi connectivity index (χ3n) is 3.49. The number of piperazine rings is 1. The molecule has 7 heteroatoms. The number of hydrogen-bond donors (Lipinski definition) is 3. The van der Waals surface area contributed by atoms with Gasteiger partial charge in [0.15, 0.2) is 0 Å². The minimum Gasteiger partial charge on any atom is -0.389 e. The molecule has 2 rings (SSSR count). The molecule has 1 fully saturated rings. The van der Waals surface area contributed by atoms with Gasteiger partial charge >= 0.3 is 0 Å². The van der Waals surface area contributed by atoms with Crippen molar-refractivity contribution in [3.63, 3.8) is 0 Å². The summed E-state index contributed by atoms with van der Waals surface area (Å²) in [5.74, 6) is 6.86. The first kappa shape index (κ1) is 16.1.